The summed E-state index contributed by atoms with van der Waals surface area (Å²) in [6, 6.07) is 16.8. The van der Waals surface area contributed by atoms with Gasteiger partial charge in [-0.1, -0.05) is 57.9 Å². The highest BCUT2D eigenvalue weighted by Crippen LogP contribution is 2.41. The highest BCUT2D eigenvalue weighted by atomic mass is 79.9. The summed E-state index contributed by atoms with van der Waals surface area (Å²) in [5, 5.41) is 0.767. The highest BCUT2D eigenvalue weighted by molar-refractivity contribution is 9.10. The molecule has 1 amide bonds. The lowest BCUT2D eigenvalue weighted by atomic mass is 10.2. The molecule has 0 N–H and O–H groups in total. The van der Waals surface area contributed by atoms with Gasteiger partial charge in [-0.15, -0.1) is 11.8 Å². The van der Waals surface area contributed by atoms with Gasteiger partial charge in [0.15, 0.2) is 0 Å². The summed E-state index contributed by atoms with van der Waals surface area (Å²) < 4.78 is 1.08. The number of benzene rings is 2. The Hall–Kier alpha value is -1.01. The maximum atomic E-state index is 13.1. The third-order valence-corrected chi connectivity index (χ3v) is 7.20. The molecule has 1 heterocycles. The van der Waals surface area contributed by atoms with Gasteiger partial charge in [0.25, 0.3) is 0 Å². The van der Waals surface area contributed by atoms with Gasteiger partial charge < -0.3 is 4.90 Å². The molecule has 1 aliphatic heterocycles. The van der Waals surface area contributed by atoms with Crippen molar-refractivity contribution in [2.45, 2.75) is 30.8 Å². The van der Waals surface area contributed by atoms with E-state index in [1.165, 1.54) is 18.4 Å². The predicted molar refractivity (Wildman–Crippen MR) is 116 cm³/mol. The van der Waals surface area contributed by atoms with Crippen LogP contribution in [-0.2, 0) is 11.3 Å². The lowest BCUT2D eigenvalue weighted by molar-refractivity contribution is -0.132. The van der Waals surface area contributed by atoms with E-state index in [0.29, 0.717) is 12.6 Å². The smallest absolute Gasteiger partial charge is 0.237 e. The van der Waals surface area contributed by atoms with Crippen LogP contribution in [0, 0.1) is 0 Å². The fraction of sp³-hybridized carbons (Fsp3) is 0.381. The molecule has 1 saturated carbocycles. The van der Waals surface area contributed by atoms with Gasteiger partial charge in [0.05, 0.1) is 6.54 Å². The molecule has 2 fully saturated rings. The molecule has 2 aromatic rings. The Balaban J connectivity index is 1.46. The number of carbonyl (C=O) groups is 1. The molecule has 3 nitrogen and oxygen atoms in total. The molecule has 27 heavy (non-hydrogen) atoms. The van der Waals surface area contributed by atoms with E-state index in [1.54, 1.807) is 11.8 Å². The van der Waals surface area contributed by atoms with E-state index in [0.717, 1.165) is 33.9 Å². The van der Waals surface area contributed by atoms with Crippen molar-refractivity contribution in [1.82, 2.24) is 9.80 Å². The first-order valence-electron chi connectivity index (χ1n) is 9.26. The van der Waals surface area contributed by atoms with Gasteiger partial charge in [-0.25, -0.2) is 0 Å². The first-order chi connectivity index (χ1) is 13.1. The van der Waals surface area contributed by atoms with Gasteiger partial charge in [0, 0.05) is 39.9 Å². The van der Waals surface area contributed by atoms with Gasteiger partial charge in [0.1, 0.15) is 5.37 Å². The largest absolute Gasteiger partial charge is 0.325 e. The Morgan fingerprint density at radius 3 is 2.63 bits per heavy atom. The Morgan fingerprint density at radius 2 is 1.93 bits per heavy atom. The van der Waals surface area contributed by atoms with Crippen LogP contribution < -0.4 is 0 Å². The van der Waals surface area contributed by atoms with E-state index in [-0.39, 0.29) is 11.3 Å². The van der Waals surface area contributed by atoms with Crippen molar-refractivity contribution < 1.29 is 4.79 Å². The SMILES string of the molecule is O=C(CN(Cc1ccc(Br)cc1)C1CC1)N1CCSC1c1ccccc1Cl. The second-order valence-electron chi connectivity index (χ2n) is 7.09. The Bertz CT molecular complexity index is 812. The average molecular weight is 466 g/mol. The van der Waals surface area contributed by atoms with E-state index < -0.39 is 0 Å². The molecule has 0 bridgehead atoms. The average Bonchev–Trinajstić information content (AvgIpc) is 3.40. The molecule has 0 radical (unpaired) electrons. The number of hydrogen-bond donors (Lipinski definition) is 0. The molecule has 2 aromatic carbocycles. The molecule has 6 heteroatoms. The summed E-state index contributed by atoms with van der Waals surface area (Å²) in [5.74, 6) is 1.16. The monoisotopic (exact) mass is 464 g/mol. The van der Waals surface area contributed by atoms with Gasteiger partial charge in [0.2, 0.25) is 5.91 Å². The number of thioether (sulfide) groups is 1. The summed E-state index contributed by atoms with van der Waals surface area (Å²) >= 11 is 11.7. The summed E-state index contributed by atoms with van der Waals surface area (Å²) in [6.45, 7) is 2.08. The number of halogens is 2. The van der Waals surface area contributed by atoms with Gasteiger partial charge >= 0.3 is 0 Å². The first kappa shape index (κ1) is 19.3. The zero-order valence-corrected chi connectivity index (χ0v) is 18.1. The fourth-order valence-corrected chi connectivity index (χ4v) is 5.38. The topological polar surface area (TPSA) is 23.6 Å². The van der Waals surface area contributed by atoms with Crippen molar-refractivity contribution in [2.75, 3.05) is 18.8 Å². The van der Waals surface area contributed by atoms with E-state index in [9.17, 15) is 4.79 Å². The van der Waals surface area contributed by atoms with Crippen LogP contribution in [0.5, 0.6) is 0 Å². The van der Waals surface area contributed by atoms with Crippen LogP contribution in [0.15, 0.2) is 53.0 Å². The van der Waals surface area contributed by atoms with Crippen molar-refractivity contribution in [1.29, 1.82) is 0 Å². The maximum absolute atomic E-state index is 13.1. The number of amides is 1. The quantitative estimate of drug-likeness (QED) is 0.575. The van der Waals surface area contributed by atoms with Gasteiger partial charge in [-0.3, -0.25) is 9.69 Å². The second kappa shape index (κ2) is 8.56. The molecule has 1 atom stereocenters. The molecule has 0 spiro atoms. The molecule has 1 unspecified atom stereocenters. The zero-order valence-electron chi connectivity index (χ0n) is 15.0. The Labute approximate surface area is 178 Å². The summed E-state index contributed by atoms with van der Waals surface area (Å²) in [7, 11) is 0. The normalized spacial score (nSPS) is 19.7. The van der Waals surface area contributed by atoms with E-state index in [2.05, 4.69) is 45.1 Å². The van der Waals surface area contributed by atoms with E-state index in [4.69, 9.17) is 11.6 Å². The molecule has 4 rings (SSSR count). The molecular weight excluding hydrogens is 444 g/mol. The molecule has 0 aromatic heterocycles. The van der Waals surface area contributed by atoms with Crippen LogP contribution in [0.1, 0.15) is 29.3 Å². The minimum absolute atomic E-state index is 0.0277. The molecule has 2 aliphatic rings. The number of nitrogens with zero attached hydrogens (tertiary/aromatic N) is 2. The summed E-state index contributed by atoms with van der Waals surface area (Å²) in [5.41, 5.74) is 2.29. The maximum Gasteiger partial charge on any atom is 0.237 e. The number of carbonyl (C=O) groups excluding carboxylic acids is 1. The standard InChI is InChI=1S/C21H22BrClN2OS/c22-16-7-5-15(6-8-16)13-24(17-9-10-17)14-20(26)25-11-12-27-21(25)18-3-1-2-4-19(18)23/h1-8,17,21H,9-14H2. The van der Waals surface area contributed by atoms with Crippen LogP contribution >= 0.6 is 39.3 Å². The van der Waals surface area contributed by atoms with Crippen LogP contribution in [-0.4, -0.2) is 40.6 Å². The minimum atomic E-state index is 0.0277. The van der Waals surface area contributed by atoms with Crippen LogP contribution in [0.25, 0.3) is 0 Å². The van der Waals surface area contributed by atoms with Crippen LogP contribution in [0.4, 0.5) is 0 Å². The number of rotatable bonds is 6. The molecule has 1 saturated heterocycles. The molecule has 142 valence electrons. The van der Waals surface area contributed by atoms with Crippen molar-refractivity contribution in [3.05, 3.63) is 69.2 Å². The van der Waals surface area contributed by atoms with Crippen LogP contribution in [0.2, 0.25) is 5.02 Å². The first-order valence-corrected chi connectivity index (χ1v) is 11.5. The Morgan fingerprint density at radius 1 is 1.19 bits per heavy atom. The molecule has 1 aliphatic carbocycles. The van der Waals surface area contributed by atoms with Crippen molar-refractivity contribution in [2.24, 2.45) is 0 Å². The minimum Gasteiger partial charge on any atom is -0.325 e. The van der Waals surface area contributed by atoms with Gasteiger partial charge in [-0.2, -0.15) is 0 Å². The van der Waals surface area contributed by atoms with E-state index >= 15 is 0 Å². The summed E-state index contributed by atoms with van der Waals surface area (Å²) in [4.78, 5) is 17.5. The highest BCUT2D eigenvalue weighted by Gasteiger charge is 2.35. The molecular formula is C21H22BrClN2OS. The fourth-order valence-electron chi connectivity index (χ4n) is 3.50. The van der Waals surface area contributed by atoms with E-state index in [1.807, 2.05) is 29.2 Å². The lowest BCUT2D eigenvalue weighted by Gasteiger charge is -2.29. The Kier molecular flexibility index (Phi) is 6.12. The van der Waals surface area contributed by atoms with Crippen molar-refractivity contribution in [3.63, 3.8) is 0 Å². The third kappa shape index (κ3) is 4.70. The van der Waals surface area contributed by atoms with Crippen LogP contribution in [0.3, 0.4) is 0 Å². The van der Waals surface area contributed by atoms with Gasteiger partial charge in [-0.05, 0) is 36.6 Å². The second-order valence-corrected chi connectivity index (χ2v) is 9.61. The summed E-state index contributed by atoms with van der Waals surface area (Å²) in [6.07, 6.45) is 2.37. The predicted octanol–water partition coefficient (Wildman–Crippen LogP) is 5.34. The lowest BCUT2D eigenvalue weighted by Crippen LogP contribution is -2.40. The number of hydrogen-bond acceptors (Lipinski definition) is 3. The zero-order chi connectivity index (χ0) is 18.8. The van der Waals surface area contributed by atoms with Crippen molar-refractivity contribution >= 4 is 45.2 Å². The third-order valence-electron chi connectivity index (χ3n) is 5.08. The van der Waals surface area contributed by atoms with Crippen molar-refractivity contribution in [3.8, 4) is 0 Å².